The van der Waals surface area contributed by atoms with E-state index < -0.39 is 0 Å². The van der Waals surface area contributed by atoms with Crippen LogP contribution in [0.2, 0.25) is 0 Å². The van der Waals surface area contributed by atoms with Crippen molar-refractivity contribution in [3.05, 3.63) is 69.1 Å². The second-order valence-corrected chi connectivity index (χ2v) is 10.0. The number of halogens is 2. The fraction of sp³-hybridized carbons (Fsp3) is 0.174. The lowest BCUT2D eigenvalue weighted by molar-refractivity contribution is -0.113. The Morgan fingerprint density at radius 3 is 2.62 bits per heavy atom. The van der Waals surface area contributed by atoms with Gasteiger partial charge in [0, 0.05) is 26.6 Å². The highest BCUT2D eigenvalue weighted by molar-refractivity contribution is 9.10. The predicted molar refractivity (Wildman–Crippen MR) is 136 cm³/mol. The number of fused-ring (bicyclic) bond motifs is 1. The number of allylic oxidation sites excluding steroid dienone is 1. The average molecular weight is 576 g/mol. The number of hydrogen-bond donors (Lipinski definition) is 1. The standard InChI is InChI=1S/C23H20Br2N4O2S/c1-4-7-29-22(19-11-15-10-16(24)5-6-18(15)31-19)27-28-23(29)32-12-20(30)26-21-13(2)8-17(25)9-14(21)3/h4-6,8-11H,1,7,12H2,2-3H3,(H,26,30). The number of carbonyl (C=O) groups is 1. The number of thioether (sulfide) groups is 1. The molecule has 32 heavy (non-hydrogen) atoms. The van der Waals surface area contributed by atoms with Gasteiger partial charge in [-0.15, -0.1) is 16.8 Å². The molecule has 0 unspecified atom stereocenters. The highest BCUT2D eigenvalue weighted by atomic mass is 79.9. The number of hydrogen-bond acceptors (Lipinski definition) is 5. The molecule has 2 aromatic carbocycles. The fourth-order valence-corrected chi connectivity index (χ4v) is 5.22. The molecule has 0 radical (unpaired) electrons. The van der Waals surface area contributed by atoms with Crippen molar-refractivity contribution < 1.29 is 9.21 Å². The first-order valence-corrected chi connectivity index (χ1v) is 12.4. The van der Waals surface area contributed by atoms with Crippen LogP contribution in [0.15, 0.2) is 67.6 Å². The molecule has 0 saturated carbocycles. The Kier molecular flexibility index (Phi) is 6.88. The maximum atomic E-state index is 12.6. The lowest BCUT2D eigenvalue weighted by atomic mass is 10.1. The van der Waals surface area contributed by atoms with Crippen LogP contribution in [-0.4, -0.2) is 26.4 Å². The minimum Gasteiger partial charge on any atom is -0.453 e. The summed E-state index contributed by atoms with van der Waals surface area (Å²) in [4.78, 5) is 12.6. The third-order valence-electron chi connectivity index (χ3n) is 4.82. The van der Waals surface area contributed by atoms with E-state index in [-0.39, 0.29) is 11.7 Å². The summed E-state index contributed by atoms with van der Waals surface area (Å²) in [6, 6.07) is 11.7. The van der Waals surface area contributed by atoms with E-state index in [1.54, 1.807) is 6.08 Å². The molecule has 2 heterocycles. The monoisotopic (exact) mass is 574 g/mol. The SMILES string of the molecule is C=CCn1c(SCC(=O)Nc2c(C)cc(Br)cc2C)nnc1-c1cc2cc(Br)ccc2o1. The largest absolute Gasteiger partial charge is 0.453 e. The molecule has 0 bridgehead atoms. The predicted octanol–water partition coefficient (Wildman–Crippen LogP) is 6.75. The summed E-state index contributed by atoms with van der Waals surface area (Å²) < 4.78 is 9.84. The first-order valence-electron chi connectivity index (χ1n) is 9.78. The van der Waals surface area contributed by atoms with Crippen LogP contribution in [0, 0.1) is 13.8 Å². The molecule has 9 heteroatoms. The van der Waals surface area contributed by atoms with Gasteiger partial charge in [0.05, 0.1) is 5.75 Å². The highest BCUT2D eigenvalue weighted by Crippen LogP contribution is 2.31. The molecule has 164 valence electrons. The van der Waals surface area contributed by atoms with E-state index in [1.165, 1.54) is 11.8 Å². The van der Waals surface area contributed by atoms with E-state index >= 15 is 0 Å². The van der Waals surface area contributed by atoms with Crippen LogP contribution in [-0.2, 0) is 11.3 Å². The Bertz CT molecular complexity index is 1310. The van der Waals surface area contributed by atoms with Gasteiger partial charge in [0.15, 0.2) is 10.9 Å². The second-order valence-electron chi connectivity index (χ2n) is 7.25. The second kappa shape index (κ2) is 9.64. The van der Waals surface area contributed by atoms with Crippen molar-refractivity contribution in [2.24, 2.45) is 0 Å². The number of rotatable bonds is 7. The van der Waals surface area contributed by atoms with Crippen molar-refractivity contribution >= 4 is 66.2 Å². The van der Waals surface area contributed by atoms with Gasteiger partial charge in [-0.1, -0.05) is 49.7 Å². The zero-order valence-electron chi connectivity index (χ0n) is 17.5. The smallest absolute Gasteiger partial charge is 0.234 e. The van der Waals surface area contributed by atoms with Gasteiger partial charge < -0.3 is 9.73 Å². The van der Waals surface area contributed by atoms with Gasteiger partial charge in [-0.05, 0) is 61.4 Å². The summed E-state index contributed by atoms with van der Waals surface area (Å²) in [5.74, 6) is 1.31. The van der Waals surface area contributed by atoms with Crippen LogP contribution < -0.4 is 5.32 Å². The van der Waals surface area contributed by atoms with Crippen LogP contribution in [0.4, 0.5) is 5.69 Å². The van der Waals surface area contributed by atoms with Gasteiger partial charge in [-0.3, -0.25) is 9.36 Å². The number of nitrogens with one attached hydrogen (secondary N) is 1. The molecule has 6 nitrogen and oxygen atoms in total. The Morgan fingerprint density at radius 2 is 1.91 bits per heavy atom. The number of benzene rings is 2. The lowest BCUT2D eigenvalue weighted by Gasteiger charge is -2.12. The van der Waals surface area contributed by atoms with Gasteiger partial charge in [0.2, 0.25) is 11.7 Å². The van der Waals surface area contributed by atoms with Gasteiger partial charge in [0.25, 0.3) is 0 Å². The molecule has 0 saturated heterocycles. The molecular formula is C23H20Br2N4O2S. The Balaban J connectivity index is 1.53. The normalized spacial score (nSPS) is 11.1. The maximum absolute atomic E-state index is 12.6. The van der Waals surface area contributed by atoms with Crippen LogP contribution in [0.25, 0.3) is 22.6 Å². The lowest BCUT2D eigenvalue weighted by Crippen LogP contribution is -2.16. The molecule has 1 amide bonds. The minimum absolute atomic E-state index is 0.105. The number of furan rings is 1. The van der Waals surface area contributed by atoms with E-state index in [1.807, 2.05) is 54.8 Å². The molecule has 1 N–H and O–H groups in total. The van der Waals surface area contributed by atoms with Crippen molar-refractivity contribution in [2.45, 2.75) is 25.5 Å². The summed E-state index contributed by atoms with van der Waals surface area (Å²) in [5, 5.41) is 13.2. The maximum Gasteiger partial charge on any atom is 0.234 e. The van der Waals surface area contributed by atoms with E-state index in [9.17, 15) is 4.79 Å². The molecule has 4 aromatic rings. The summed E-state index contributed by atoms with van der Waals surface area (Å²) >= 11 is 8.29. The summed E-state index contributed by atoms with van der Waals surface area (Å²) in [5.41, 5.74) is 3.61. The molecule has 0 aliphatic rings. The third kappa shape index (κ3) is 4.84. The van der Waals surface area contributed by atoms with E-state index in [4.69, 9.17) is 4.42 Å². The quantitative estimate of drug-likeness (QED) is 0.195. The van der Waals surface area contributed by atoms with Crippen LogP contribution in [0.1, 0.15) is 11.1 Å². The average Bonchev–Trinajstić information content (AvgIpc) is 3.32. The molecule has 0 aliphatic carbocycles. The number of anilines is 1. The van der Waals surface area contributed by atoms with Gasteiger partial charge >= 0.3 is 0 Å². The number of amides is 1. The number of aryl methyl sites for hydroxylation is 2. The molecule has 0 aliphatic heterocycles. The van der Waals surface area contributed by atoms with E-state index in [2.05, 4.69) is 54.0 Å². The topological polar surface area (TPSA) is 73.0 Å². The number of aromatic nitrogens is 3. The molecule has 2 aromatic heterocycles. The summed E-state index contributed by atoms with van der Waals surface area (Å²) in [6.45, 7) is 8.28. The van der Waals surface area contributed by atoms with Crippen molar-refractivity contribution in [1.82, 2.24) is 14.8 Å². The van der Waals surface area contributed by atoms with Gasteiger partial charge in [0.1, 0.15) is 5.58 Å². The van der Waals surface area contributed by atoms with Gasteiger partial charge in [-0.25, -0.2) is 0 Å². The zero-order chi connectivity index (χ0) is 22.8. The molecule has 0 atom stereocenters. The molecule has 0 spiro atoms. The minimum atomic E-state index is -0.105. The van der Waals surface area contributed by atoms with Crippen molar-refractivity contribution in [1.29, 1.82) is 0 Å². The van der Waals surface area contributed by atoms with Crippen LogP contribution >= 0.6 is 43.6 Å². The third-order valence-corrected chi connectivity index (χ3v) is 6.74. The highest BCUT2D eigenvalue weighted by Gasteiger charge is 2.19. The van der Waals surface area contributed by atoms with E-state index in [0.29, 0.717) is 23.3 Å². The van der Waals surface area contributed by atoms with Crippen molar-refractivity contribution in [2.75, 3.05) is 11.1 Å². The zero-order valence-corrected chi connectivity index (χ0v) is 21.5. The fourth-order valence-electron chi connectivity index (χ4n) is 3.41. The van der Waals surface area contributed by atoms with Crippen LogP contribution in [0.5, 0.6) is 0 Å². The van der Waals surface area contributed by atoms with Crippen molar-refractivity contribution in [3.8, 4) is 11.6 Å². The van der Waals surface area contributed by atoms with Crippen LogP contribution in [0.3, 0.4) is 0 Å². The summed E-state index contributed by atoms with van der Waals surface area (Å²) in [7, 11) is 0. The van der Waals surface area contributed by atoms with Gasteiger partial charge in [-0.2, -0.15) is 0 Å². The number of nitrogens with zero attached hydrogens (tertiary/aromatic N) is 3. The van der Waals surface area contributed by atoms with E-state index in [0.717, 1.165) is 36.7 Å². The Labute approximate surface area is 206 Å². The Hall–Kier alpha value is -2.36. The first kappa shape index (κ1) is 22.8. The molecular weight excluding hydrogens is 556 g/mol. The summed E-state index contributed by atoms with van der Waals surface area (Å²) in [6.07, 6.45) is 1.77. The number of carbonyl (C=O) groups excluding carboxylic acids is 1. The first-order chi connectivity index (χ1) is 15.4. The molecule has 0 fully saturated rings. The van der Waals surface area contributed by atoms with Crippen molar-refractivity contribution in [3.63, 3.8) is 0 Å². The molecule has 4 rings (SSSR count). The Morgan fingerprint density at radius 1 is 1.16 bits per heavy atom.